The molecule has 2 aliphatic carbocycles. The Balaban J connectivity index is 1.96. The Morgan fingerprint density at radius 2 is 1.87 bits per heavy atom. The van der Waals surface area contributed by atoms with E-state index in [1.807, 2.05) is 25.1 Å². The first-order valence-electron chi connectivity index (χ1n) is 8.33. The molecular weight excluding hydrogens is 310 g/mol. The summed E-state index contributed by atoms with van der Waals surface area (Å²) in [6.07, 6.45) is 2.21. The highest BCUT2D eigenvalue weighted by Gasteiger charge is 2.65. The lowest BCUT2D eigenvalue weighted by Gasteiger charge is -2.38. The summed E-state index contributed by atoms with van der Waals surface area (Å²) in [6.45, 7) is 6.36. The van der Waals surface area contributed by atoms with E-state index in [4.69, 9.17) is 0 Å². The van der Waals surface area contributed by atoms with Crippen LogP contribution in [0.25, 0.3) is 0 Å². The summed E-state index contributed by atoms with van der Waals surface area (Å²) in [5.41, 5.74) is -0.268. The molecule has 2 bridgehead atoms. The SMILES string of the molecule is CCN(c1ccccc1)S(=O)(=O)CC12CCC(CC1=O)C2(C)C. The molecule has 0 heterocycles. The van der Waals surface area contributed by atoms with Crippen molar-refractivity contribution in [2.45, 2.75) is 40.0 Å². The zero-order chi connectivity index (χ0) is 16.9. The first-order valence-corrected chi connectivity index (χ1v) is 9.94. The molecule has 0 amide bonds. The molecule has 23 heavy (non-hydrogen) atoms. The number of carbonyl (C=O) groups excluding carboxylic acids is 1. The van der Waals surface area contributed by atoms with Gasteiger partial charge in [-0.3, -0.25) is 9.10 Å². The van der Waals surface area contributed by atoms with Gasteiger partial charge in [-0.2, -0.15) is 0 Å². The molecule has 1 aromatic rings. The fraction of sp³-hybridized carbons (Fsp3) is 0.611. The maximum absolute atomic E-state index is 13.1. The van der Waals surface area contributed by atoms with Crippen molar-refractivity contribution in [2.24, 2.45) is 16.7 Å². The van der Waals surface area contributed by atoms with Crippen LogP contribution in [-0.2, 0) is 14.8 Å². The number of para-hydroxylation sites is 1. The average molecular weight is 335 g/mol. The van der Waals surface area contributed by atoms with Gasteiger partial charge in [0.05, 0.1) is 16.9 Å². The van der Waals surface area contributed by atoms with Crippen LogP contribution in [-0.4, -0.2) is 26.5 Å². The molecule has 0 saturated heterocycles. The van der Waals surface area contributed by atoms with Gasteiger partial charge >= 0.3 is 0 Å². The molecule has 0 spiro atoms. The third kappa shape index (κ3) is 2.32. The average Bonchev–Trinajstić information content (AvgIpc) is 2.82. The van der Waals surface area contributed by atoms with E-state index in [1.54, 1.807) is 12.1 Å². The van der Waals surface area contributed by atoms with Crippen LogP contribution in [0.5, 0.6) is 0 Å². The van der Waals surface area contributed by atoms with Crippen LogP contribution in [0.15, 0.2) is 30.3 Å². The molecule has 5 heteroatoms. The molecule has 0 N–H and O–H groups in total. The van der Waals surface area contributed by atoms with Crippen LogP contribution in [0.1, 0.15) is 40.0 Å². The number of hydrogen-bond donors (Lipinski definition) is 0. The normalized spacial score (nSPS) is 29.0. The fourth-order valence-corrected chi connectivity index (χ4v) is 6.92. The van der Waals surface area contributed by atoms with Crippen molar-refractivity contribution >= 4 is 21.5 Å². The van der Waals surface area contributed by atoms with Crippen LogP contribution in [0, 0.1) is 16.7 Å². The van der Waals surface area contributed by atoms with Crippen LogP contribution < -0.4 is 4.31 Å². The predicted octanol–water partition coefficient (Wildman–Crippen LogP) is 3.24. The van der Waals surface area contributed by atoms with Gasteiger partial charge in [-0.15, -0.1) is 0 Å². The van der Waals surface area contributed by atoms with E-state index in [1.165, 1.54) is 4.31 Å². The summed E-state index contributed by atoms with van der Waals surface area (Å²) in [6, 6.07) is 9.15. The molecule has 4 nitrogen and oxygen atoms in total. The topological polar surface area (TPSA) is 54.5 Å². The van der Waals surface area contributed by atoms with E-state index in [2.05, 4.69) is 13.8 Å². The quantitative estimate of drug-likeness (QED) is 0.830. The number of benzene rings is 1. The number of anilines is 1. The van der Waals surface area contributed by atoms with E-state index < -0.39 is 15.4 Å². The Morgan fingerprint density at radius 3 is 2.35 bits per heavy atom. The number of hydrogen-bond acceptors (Lipinski definition) is 3. The van der Waals surface area contributed by atoms with Gasteiger partial charge in [-0.25, -0.2) is 8.42 Å². The number of nitrogens with zero attached hydrogens (tertiary/aromatic N) is 1. The zero-order valence-electron chi connectivity index (χ0n) is 14.1. The number of Topliss-reactive ketones (excluding diaryl/α,β-unsaturated/α-hetero) is 1. The third-order valence-corrected chi connectivity index (χ3v) is 8.23. The van der Waals surface area contributed by atoms with Crippen molar-refractivity contribution in [3.8, 4) is 0 Å². The highest BCUT2D eigenvalue weighted by molar-refractivity contribution is 7.92. The molecule has 2 aliphatic rings. The standard InChI is InChI=1S/C18H25NO3S/c1-4-19(15-8-6-5-7-9-15)23(21,22)13-18-11-10-14(12-16(18)20)17(18,2)3/h5-9,14H,4,10-13H2,1-3H3. The van der Waals surface area contributed by atoms with Crippen molar-refractivity contribution in [3.63, 3.8) is 0 Å². The van der Waals surface area contributed by atoms with E-state index in [0.29, 0.717) is 31.0 Å². The summed E-state index contributed by atoms with van der Waals surface area (Å²) in [4.78, 5) is 12.6. The molecule has 2 unspecified atom stereocenters. The van der Waals surface area contributed by atoms with Gasteiger partial charge in [0.2, 0.25) is 10.0 Å². The molecule has 0 aliphatic heterocycles. The number of fused-ring (bicyclic) bond motifs is 2. The second-order valence-corrected chi connectivity index (χ2v) is 9.32. The second-order valence-electron chi connectivity index (χ2n) is 7.42. The fourth-order valence-electron chi connectivity index (χ4n) is 4.63. The Labute approximate surface area is 138 Å². The summed E-state index contributed by atoms with van der Waals surface area (Å²) in [5, 5.41) is 0. The van der Waals surface area contributed by atoms with E-state index in [-0.39, 0.29) is 17.0 Å². The molecule has 126 valence electrons. The zero-order valence-corrected chi connectivity index (χ0v) is 14.9. The molecular formula is C18H25NO3S. The molecule has 3 rings (SSSR count). The highest BCUT2D eigenvalue weighted by atomic mass is 32.2. The molecule has 1 aromatic carbocycles. The Morgan fingerprint density at radius 1 is 1.22 bits per heavy atom. The van der Waals surface area contributed by atoms with Crippen LogP contribution >= 0.6 is 0 Å². The van der Waals surface area contributed by atoms with Gasteiger partial charge in [0.25, 0.3) is 0 Å². The van der Waals surface area contributed by atoms with E-state index >= 15 is 0 Å². The minimum atomic E-state index is -3.54. The number of sulfonamides is 1. The van der Waals surface area contributed by atoms with Crippen LogP contribution in [0.2, 0.25) is 0 Å². The number of carbonyl (C=O) groups is 1. The molecule has 0 radical (unpaired) electrons. The summed E-state index contributed by atoms with van der Waals surface area (Å²) in [5.74, 6) is 0.411. The van der Waals surface area contributed by atoms with Crippen molar-refractivity contribution in [1.82, 2.24) is 0 Å². The van der Waals surface area contributed by atoms with E-state index in [0.717, 1.165) is 6.42 Å². The van der Waals surface area contributed by atoms with Gasteiger partial charge in [-0.1, -0.05) is 32.0 Å². The summed E-state index contributed by atoms with van der Waals surface area (Å²) < 4.78 is 27.7. The van der Waals surface area contributed by atoms with Crippen LogP contribution in [0.4, 0.5) is 5.69 Å². The smallest absolute Gasteiger partial charge is 0.236 e. The van der Waals surface area contributed by atoms with Crippen LogP contribution in [0.3, 0.4) is 0 Å². The lowest BCUT2D eigenvalue weighted by molar-refractivity contribution is -0.128. The lowest BCUT2D eigenvalue weighted by Crippen LogP contribution is -2.46. The third-order valence-electron chi connectivity index (χ3n) is 6.24. The Bertz CT molecular complexity index is 711. The molecule has 2 fully saturated rings. The van der Waals surface area contributed by atoms with Gasteiger partial charge in [0.1, 0.15) is 5.78 Å². The molecule has 2 saturated carbocycles. The van der Waals surface area contributed by atoms with Crippen molar-refractivity contribution in [2.75, 3.05) is 16.6 Å². The van der Waals surface area contributed by atoms with Crippen molar-refractivity contribution in [1.29, 1.82) is 0 Å². The largest absolute Gasteiger partial charge is 0.299 e. The second kappa shape index (κ2) is 5.33. The summed E-state index contributed by atoms with van der Waals surface area (Å²) in [7, 11) is -3.54. The maximum atomic E-state index is 13.1. The van der Waals surface area contributed by atoms with Gasteiger partial charge < -0.3 is 0 Å². The minimum Gasteiger partial charge on any atom is -0.299 e. The van der Waals surface area contributed by atoms with Gasteiger partial charge in [-0.05, 0) is 43.2 Å². The maximum Gasteiger partial charge on any atom is 0.236 e. The number of rotatable bonds is 5. The summed E-state index contributed by atoms with van der Waals surface area (Å²) >= 11 is 0. The monoisotopic (exact) mass is 335 g/mol. The highest BCUT2D eigenvalue weighted by Crippen LogP contribution is 2.64. The van der Waals surface area contributed by atoms with Gasteiger partial charge in [0.15, 0.2) is 0 Å². The first-order chi connectivity index (χ1) is 10.7. The minimum absolute atomic E-state index is 0.0644. The predicted molar refractivity (Wildman–Crippen MR) is 91.8 cm³/mol. The Kier molecular flexibility index (Phi) is 3.82. The lowest BCUT2D eigenvalue weighted by atomic mass is 9.70. The number of ketones is 1. The van der Waals surface area contributed by atoms with Crippen molar-refractivity contribution < 1.29 is 13.2 Å². The first kappa shape index (κ1) is 16.5. The van der Waals surface area contributed by atoms with Crippen molar-refractivity contribution in [3.05, 3.63) is 30.3 Å². The van der Waals surface area contributed by atoms with E-state index in [9.17, 15) is 13.2 Å². The van der Waals surface area contributed by atoms with Gasteiger partial charge in [0, 0.05) is 13.0 Å². The molecule has 0 aromatic heterocycles. The molecule has 2 atom stereocenters. The Hall–Kier alpha value is -1.36.